The van der Waals surface area contributed by atoms with Gasteiger partial charge in [-0.3, -0.25) is 4.79 Å². The summed E-state index contributed by atoms with van der Waals surface area (Å²) in [6.07, 6.45) is -4.38. The molecule has 1 amide bonds. The van der Waals surface area contributed by atoms with Gasteiger partial charge in [0.1, 0.15) is 22.1 Å². The van der Waals surface area contributed by atoms with Crippen molar-refractivity contribution < 1.29 is 22.7 Å². The zero-order chi connectivity index (χ0) is 13.2. The molecule has 0 aliphatic heterocycles. The van der Waals surface area contributed by atoms with Gasteiger partial charge in [-0.05, 0) is 0 Å². The molecule has 0 aromatic carbocycles. The highest BCUT2D eigenvalue weighted by Crippen LogP contribution is 2.42. The summed E-state index contributed by atoms with van der Waals surface area (Å²) in [7, 11) is 1.24. The molecule has 0 bridgehead atoms. The smallest absolute Gasteiger partial charge is 0.405 e. The van der Waals surface area contributed by atoms with Crippen LogP contribution in [0.4, 0.5) is 23.9 Å². The number of ether oxygens (including phenoxy) is 1. The fourth-order valence-electron chi connectivity index (χ4n) is 1.11. The third-order valence-electron chi connectivity index (χ3n) is 1.78. The molecule has 96 valence electrons. The van der Waals surface area contributed by atoms with Crippen LogP contribution in [0.3, 0.4) is 0 Å². The van der Waals surface area contributed by atoms with Gasteiger partial charge in [-0.25, -0.2) is 0 Å². The lowest BCUT2D eigenvalue weighted by Gasteiger charge is -2.09. The number of methoxy groups -OCH3 is 1. The standard InChI is InChI=1S/C8H10F3N3O2S/c1-16-4-3(12)5(6(13)15)17-7(4)14-2-8(9,10)11/h14H,2,12H2,1H3,(H2,13,15). The van der Waals surface area contributed by atoms with Crippen molar-refractivity contribution >= 4 is 27.9 Å². The molecule has 0 fully saturated rings. The largest absolute Gasteiger partial charge is 0.492 e. The van der Waals surface area contributed by atoms with Crippen LogP contribution in [-0.2, 0) is 0 Å². The summed E-state index contributed by atoms with van der Waals surface area (Å²) in [5, 5.41) is 2.13. The number of hydrogen-bond acceptors (Lipinski definition) is 5. The number of thiophene rings is 1. The minimum atomic E-state index is -4.38. The predicted molar refractivity (Wildman–Crippen MR) is 58.3 cm³/mol. The van der Waals surface area contributed by atoms with E-state index in [1.165, 1.54) is 7.11 Å². The number of halogens is 3. The van der Waals surface area contributed by atoms with E-state index in [9.17, 15) is 18.0 Å². The fourth-order valence-corrected chi connectivity index (χ4v) is 2.05. The van der Waals surface area contributed by atoms with E-state index in [2.05, 4.69) is 5.32 Å². The number of rotatable bonds is 4. The molecule has 1 aromatic heterocycles. The van der Waals surface area contributed by atoms with Gasteiger partial charge in [0.25, 0.3) is 5.91 Å². The van der Waals surface area contributed by atoms with E-state index in [0.29, 0.717) is 0 Å². The molecular formula is C8H10F3N3O2S. The zero-order valence-corrected chi connectivity index (χ0v) is 9.54. The van der Waals surface area contributed by atoms with E-state index in [4.69, 9.17) is 16.2 Å². The Kier molecular flexibility index (Phi) is 3.71. The molecule has 0 atom stereocenters. The summed E-state index contributed by atoms with van der Waals surface area (Å²) in [5.74, 6) is -0.820. The van der Waals surface area contributed by atoms with Crippen molar-refractivity contribution in [1.29, 1.82) is 0 Å². The normalized spacial score (nSPS) is 11.3. The lowest BCUT2D eigenvalue weighted by molar-refractivity contribution is -0.115. The van der Waals surface area contributed by atoms with Crippen molar-refractivity contribution in [3.8, 4) is 5.75 Å². The molecule has 5 nitrogen and oxygen atoms in total. The Hall–Kier alpha value is -1.64. The molecular weight excluding hydrogens is 259 g/mol. The Labute approximate surface area is 98.5 Å². The third-order valence-corrected chi connectivity index (χ3v) is 2.94. The van der Waals surface area contributed by atoms with Crippen LogP contribution in [0.2, 0.25) is 0 Å². The summed E-state index contributed by atoms with van der Waals surface area (Å²) >= 11 is 0.724. The summed E-state index contributed by atoms with van der Waals surface area (Å²) in [6.45, 7) is -1.25. The lowest BCUT2D eigenvalue weighted by Crippen LogP contribution is -2.21. The topological polar surface area (TPSA) is 90.4 Å². The van der Waals surface area contributed by atoms with E-state index in [1.54, 1.807) is 0 Å². The molecule has 1 heterocycles. The number of nitrogens with one attached hydrogen (secondary N) is 1. The summed E-state index contributed by atoms with van der Waals surface area (Å²) in [6, 6.07) is 0. The van der Waals surface area contributed by atoms with Gasteiger partial charge < -0.3 is 21.5 Å². The quantitative estimate of drug-likeness (QED) is 0.770. The van der Waals surface area contributed by atoms with E-state index in [1.807, 2.05) is 0 Å². The first kappa shape index (κ1) is 13.4. The Morgan fingerprint density at radius 1 is 1.53 bits per heavy atom. The lowest BCUT2D eigenvalue weighted by atomic mass is 10.3. The Bertz CT molecular complexity index is 430. The van der Waals surface area contributed by atoms with Crippen LogP contribution in [0, 0.1) is 0 Å². The average Bonchev–Trinajstić information content (AvgIpc) is 2.51. The maximum atomic E-state index is 12.0. The van der Waals surface area contributed by atoms with Crippen LogP contribution in [0.5, 0.6) is 5.75 Å². The number of carbonyl (C=O) groups is 1. The van der Waals surface area contributed by atoms with Gasteiger partial charge in [0.15, 0.2) is 5.75 Å². The number of amides is 1. The van der Waals surface area contributed by atoms with E-state index < -0.39 is 18.6 Å². The molecule has 0 saturated heterocycles. The second-order valence-corrected chi connectivity index (χ2v) is 4.06. The van der Waals surface area contributed by atoms with Gasteiger partial charge in [-0.1, -0.05) is 0 Å². The van der Waals surface area contributed by atoms with Crippen molar-refractivity contribution in [1.82, 2.24) is 0 Å². The number of nitrogens with two attached hydrogens (primary N) is 2. The van der Waals surface area contributed by atoms with Gasteiger partial charge in [0.2, 0.25) is 0 Å². The monoisotopic (exact) mass is 269 g/mol. The van der Waals surface area contributed by atoms with Crippen molar-refractivity contribution in [3.63, 3.8) is 0 Å². The number of alkyl halides is 3. The highest BCUT2D eigenvalue weighted by Gasteiger charge is 2.29. The van der Waals surface area contributed by atoms with Gasteiger partial charge in [-0.2, -0.15) is 13.2 Å². The van der Waals surface area contributed by atoms with E-state index in [0.717, 1.165) is 11.3 Å². The van der Waals surface area contributed by atoms with Crippen LogP contribution >= 0.6 is 11.3 Å². The minimum absolute atomic E-state index is 0.00644. The van der Waals surface area contributed by atoms with Gasteiger partial charge in [-0.15, -0.1) is 11.3 Å². The first-order chi connectivity index (χ1) is 7.76. The van der Waals surface area contributed by atoms with Crippen LogP contribution in [-0.4, -0.2) is 25.7 Å². The van der Waals surface area contributed by atoms with Crippen molar-refractivity contribution in [2.75, 3.05) is 24.7 Å². The first-order valence-electron chi connectivity index (χ1n) is 4.33. The number of carbonyl (C=O) groups excluding carboxylic acids is 1. The van der Waals surface area contributed by atoms with Crippen LogP contribution in [0.25, 0.3) is 0 Å². The molecule has 0 aliphatic rings. The molecule has 5 N–H and O–H groups in total. The molecule has 9 heteroatoms. The maximum absolute atomic E-state index is 12.0. The number of primary amides is 1. The van der Waals surface area contributed by atoms with Crippen LogP contribution in [0.1, 0.15) is 9.67 Å². The van der Waals surface area contributed by atoms with Gasteiger partial charge in [0.05, 0.1) is 7.11 Å². The van der Waals surface area contributed by atoms with Gasteiger partial charge in [0, 0.05) is 0 Å². The molecule has 1 rings (SSSR count). The predicted octanol–water partition coefficient (Wildman–Crippen LogP) is 1.41. The van der Waals surface area contributed by atoms with Crippen molar-refractivity contribution in [3.05, 3.63) is 4.88 Å². The minimum Gasteiger partial charge on any atom is -0.492 e. The summed E-state index contributed by atoms with van der Waals surface area (Å²) in [5.41, 5.74) is 10.5. The second kappa shape index (κ2) is 4.70. The molecule has 0 unspecified atom stereocenters. The fraction of sp³-hybridized carbons (Fsp3) is 0.375. The highest BCUT2D eigenvalue weighted by molar-refractivity contribution is 7.19. The molecule has 0 spiro atoms. The van der Waals surface area contributed by atoms with Crippen LogP contribution < -0.4 is 21.5 Å². The highest BCUT2D eigenvalue weighted by atomic mass is 32.1. The zero-order valence-electron chi connectivity index (χ0n) is 8.72. The molecule has 0 aliphatic carbocycles. The third kappa shape index (κ3) is 3.16. The van der Waals surface area contributed by atoms with E-state index >= 15 is 0 Å². The van der Waals surface area contributed by atoms with Crippen molar-refractivity contribution in [2.24, 2.45) is 5.73 Å². The first-order valence-corrected chi connectivity index (χ1v) is 5.14. The SMILES string of the molecule is COc1c(NCC(F)(F)F)sc(C(N)=O)c1N. The molecule has 17 heavy (non-hydrogen) atoms. The number of nitrogen functional groups attached to an aromatic ring is 1. The summed E-state index contributed by atoms with van der Waals surface area (Å²) in [4.78, 5) is 10.9. The molecule has 0 radical (unpaired) electrons. The second-order valence-electron chi connectivity index (χ2n) is 3.04. The summed E-state index contributed by atoms with van der Waals surface area (Å²) < 4.78 is 40.9. The number of anilines is 2. The number of hydrogen-bond donors (Lipinski definition) is 3. The average molecular weight is 269 g/mol. The van der Waals surface area contributed by atoms with Crippen molar-refractivity contribution in [2.45, 2.75) is 6.18 Å². The van der Waals surface area contributed by atoms with E-state index in [-0.39, 0.29) is 21.3 Å². The Morgan fingerprint density at radius 2 is 2.12 bits per heavy atom. The van der Waals surface area contributed by atoms with Crippen LogP contribution in [0.15, 0.2) is 0 Å². The maximum Gasteiger partial charge on any atom is 0.405 e. The Balaban J connectivity index is 2.99. The molecule has 1 aromatic rings. The van der Waals surface area contributed by atoms with Gasteiger partial charge >= 0.3 is 6.18 Å². The Morgan fingerprint density at radius 3 is 2.53 bits per heavy atom. The molecule has 0 saturated carbocycles.